The number of rotatable bonds is 4. The van der Waals surface area contributed by atoms with E-state index in [9.17, 15) is 0 Å². The second kappa shape index (κ2) is 5.89. The molecule has 0 bridgehead atoms. The number of aromatic nitrogens is 1. The minimum absolute atomic E-state index is 0.631. The lowest BCUT2D eigenvalue weighted by Gasteiger charge is -2.04. The summed E-state index contributed by atoms with van der Waals surface area (Å²) >= 11 is 9.26. The highest BCUT2D eigenvalue weighted by molar-refractivity contribution is 7.97. The third-order valence-electron chi connectivity index (χ3n) is 2.32. The van der Waals surface area contributed by atoms with Gasteiger partial charge in [-0.15, -0.1) is 11.3 Å². The van der Waals surface area contributed by atoms with Crippen molar-refractivity contribution in [1.82, 2.24) is 4.98 Å². The van der Waals surface area contributed by atoms with Crippen LogP contribution in [0.2, 0.25) is 4.47 Å². The molecule has 2 rings (SSSR count). The van der Waals surface area contributed by atoms with Gasteiger partial charge >= 0.3 is 0 Å². The molecular formula is C13H14ClNS2. The first-order valence-electron chi connectivity index (χ1n) is 5.38. The van der Waals surface area contributed by atoms with E-state index in [0.29, 0.717) is 4.47 Å². The lowest BCUT2D eigenvalue weighted by molar-refractivity contribution is 1.29. The van der Waals surface area contributed by atoms with Gasteiger partial charge in [0.15, 0.2) is 4.47 Å². The highest BCUT2D eigenvalue weighted by atomic mass is 35.5. The van der Waals surface area contributed by atoms with Crippen LogP contribution in [0.25, 0.3) is 0 Å². The minimum Gasteiger partial charge on any atom is -0.233 e. The highest BCUT2D eigenvalue weighted by Crippen LogP contribution is 2.24. The molecule has 1 aromatic heterocycles. The number of hydrogen-bond donors (Lipinski definition) is 0. The molecule has 0 aliphatic rings. The van der Waals surface area contributed by atoms with Crippen LogP contribution >= 0.6 is 34.7 Å². The zero-order valence-electron chi connectivity index (χ0n) is 9.87. The first-order valence-corrected chi connectivity index (χ1v) is 7.73. The summed E-state index contributed by atoms with van der Waals surface area (Å²) in [6.07, 6.45) is 1.86. The SMILES string of the molecule is Cc1cc(C)cc(CSCc2cnc(Cl)s2)c1. The molecule has 0 saturated carbocycles. The molecule has 0 fully saturated rings. The predicted molar refractivity (Wildman–Crippen MR) is 78.0 cm³/mol. The maximum atomic E-state index is 5.80. The van der Waals surface area contributed by atoms with Crippen molar-refractivity contribution in [2.45, 2.75) is 25.4 Å². The second-order valence-electron chi connectivity index (χ2n) is 4.07. The van der Waals surface area contributed by atoms with E-state index in [-0.39, 0.29) is 0 Å². The van der Waals surface area contributed by atoms with Crippen molar-refractivity contribution in [3.05, 3.63) is 50.4 Å². The highest BCUT2D eigenvalue weighted by Gasteiger charge is 2.01. The van der Waals surface area contributed by atoms with Gasteiger partial charge in [-0.3, -0.25) is 0 Å². The fourth-order valence-corrected chi connectivity index (χ4v) is 3.81. The summed E-state index contributed by atoms with van der Waals surface area (Å²) in [5, 5.41) is 0. The Bertz CT molecular complexity index is 488. The van der Waals surface area contributed by atoms with E-state index in [1.165, 1.54) is 21.6 Å². The third kappa shape index (κ3) is 4.02. The Morgan fingerprint density at radius 2 is 1.88 bits per heavy atom. The molecule has 0 aliphatic heterocycles. The van der Waals surface area contributed by atoms with Crippen LogP contribution in [0.15, 0.2) is 24.4 Å². The van der Waals surface area contributed by atoms with Crippen LogP contribution < -0.4 is 0 Å². The number of hydrogen-bond acceptors (Lipinski definition) is 3. The van der Waals surface area contributed by atoms with Gasteiger partial charge in [0, 0.05) is 22.6 Å². The Hall–Kier alpha value is -0.510. The second-order valence-corrected chi connectivity index (χ2v) is 6.75. The van der Waals surface area contributed by atoms with Crippen molar-refractivity contribution < 1.29 is 0 Å². The molecule has 90 valence electrons. The minimum atomic E-state index is 0.631. The van der Waals surface area contributed by atoms with Crippen molar-refractivity contribution in [3.8, 4) is 0 Å². The van der Waals surface area contributed by atoms with Gasteiger partial charge in [0.05, 0.1) is 0 Å². The summed E-state index contributed by atoms with van der Waals surface area (Å²) in [6, 6.07) is 6.70. The first-order chi connectivity index (χ1) is 8.13. The standard InChI is InChI=1S/C13H14ClNS2/c1-9-3-10(2)5-11(4-9)7-16-8-12-6-15-13(14)17-12/h3-6H,7-8H2,1-2H3. The molecule has 0 N–H and O–H groups in total. The first kappa shape index (κ1) is 12.9. The van der Waals surface area contributed by atoms with Crippen LogP contribution in [0.5, 0.6) is 0 Å². The fraction of sp³-hybridized carbons (Fsp3) is 0.308. The van der Waals surface area contributed by atoms with Crippen LogP contribution in [0, 0.1) is 13.8 Å². The van der Waals surface area contributed by atoms with Gasteiger partial charge in [-0.1, -0.05) is 40.9 Å². The number of benzene rings is 1. The molecule has 4 heteroatoms. The molecule has 17 heavy (non-hydrogen) atoms. The van der Waals surface area contributed by atoms with E-state index in [1.54, 1.807) is 11.3 Å². The maximum absolute atomic E-state index is 5.80. The average molecular weight is 284 g/mol. The predicted octanol–water partition coefficient (Wildman–Crippen LogP) is 4.85. The van der Waals surface area contributed by atoms with E-state index in [1.807, 2.05) is 18.0 Å². The molecule has 0 amide bonds. The summed E-state index contributed by atoms with van der Waals surface area (Å²) in [5.74, 6) is 2.02. The van der Waals surface area contributed by atoms with Crippen molar-refractivity contribution in [1.29, 1.82) is 0 Å². The molecule has 1 aromatic carbocycles. The summed E-state index contributed by atoms with van der Waals surface area (Å²) in [4.78, 5) is 5.28. The Morgan fingerprint density at radius 1 is 1.18 bits per heavy atom. The van der Waals surface area contributed by atoms with Gasteiger partial charge in [0.25, 0.3) is 0 Å². The lowest BCUT2D eigenvalue weighted by atomic mass is 10.1. The Labute approximate surface area is 115 Å². The third-order valence-corrected chi connectivity index (χ3v) is 4.67. The normalized spacial score (nSPS) is 10.8. The van der Waals surface area contributed by atoms with Crippen molar-refractivity contribution in [3.63, 3.8) is 0 Å². The van der Waals surface area contributed by atoms with Crippen LogP contribution in [0.4, 0.5) is 0 Å². The Morgan fingerprint density at radius 3 is 2.47 bits per heavy atom. The Balaban J connectivity index is 1.89. The van der Waals surface area contributed by atoms with Gasteiger partial charge in [-0.2, -0.15) is 11.8 Å². The number of thioether (sulfide) groups is 1. The topological polar surface area (TPSA) is 12.9 Å². The van der Waals surface area contributed by atoms with E-state index in [2.05, 4.69) is 37.0 Å². The maximum Gasteiger partial charge on any atom is 0.183 e. The van der Waals surface area contributed by atoms with E-state index >= 15 is 0 Å². The number of halogens is 1. The van der Waals surface area contributed by atoms with Gasteiger partial charge in [0.2, 0.25) is 0 Å². The fourth-order valence-electron chi connectivity index (χ4n) is 1.77. The van der Waals surface area contributed by atoms with Gasteiger partial charge in [0.1, 0.15) is 0 Å². The Kier molecular flexibility index (Phi) is 4.48. The van der Waals surface area contributed by atoms with E-state index in [0.717, 1.165) is 11.5 Å². The molecule has 0 unspecified atom stereocenters. The molecule has 0 aliphatic carbocycles. The molecule has 1 nitrogen and oxygen atoms in total. The number of aryl methyl sites for hydroxylation is 2. The lowest BCUT2D eigenvalue weighted by Crippen LogP contribution is -1.85. The molecular weight excluding hydrogens is 270 g/mol. The quantitative estimate of drug-likeness (QED) is 0.796. The van der Waals surface area contributed by atoms with Crippen LogP contribution in [-0.2, 0) is 11.5 Å². The van der Waals surface area contributed by atoms with Crippen molar-refractivity contribution in [2.24, 2.45) is 0 Å². The monoisotopic (exact) mass is 283 g/mol. The zero-order chi connectivity index (χ0) is 12.3. The molecule has 2 aromatic rings. The van der Waals surface area contributed by atoms with Gasteiger partial charge in [-0.05, 0) is 19.4 Å². The smallest absolute Gasteiger partial charge is 0.183 e. The summed E-state index contributed by atoms with van der Waals surface area (Å²) in [5.41, 5.74) is 4.06. The van der Waals surface area contributed by atoms with Crippen LogP contribution in [0.1, 0.15) is 21.6 Å². The molecule has 0 atom stereocenters. The molecule has 1 heterocycles. The summed E-state index contributed by atoms with van der Waals surface area (Å²) in [7, 11) is 0. The molecule has 0 radical (unpaired) electrons. The van der Waals surface area contributed by atoms with Crippen LogP contribution in [0.3, 0.4) is 0 Å². The number of thiazole rings is 1. The van der Waals surface area contributed by atoms with Crippen molar-refractivity contribution in [2.75, 3.05) is 0 Å². The van der Waals surface area contributed by atoms with Crippen LogP contribution in [-0.4, -0.2) is 4.98 Å². The largest absolute Gasteiger partial charge is 0.233 e. The summed E-state index contributed by atoms with van der Waals surface area (Å²) < 4.78 is 0.631. The van der Waals surface area contributed by atoms with Crippen molar-refractivity contribution >= 4 is 34.7 Å². The van der Waals surface area contributed by atoms with E-state index in [4.69, 9.17) is 11.6 Å². The van der Waals surface area contributed by atoms with E-state index < -0.39 is 0 Å². The van der Waals surface area contributed by atoms with Gasteiger partial charge < -0.3 is 0 Å². The zero-order valence-corrected chi connectivity index (χ0v) is 12.3. The molecule has 0 spiro atoms. The molecule has 0 saturated heterocycles. The van der Waals surface area contributed by atoms with Gasteiger partial charge in [-0.25, -0.2) is 4.98 Å². The number of nitrogens with zero attached hydrogens (tertiary/aromatic N) is 1. The summed E-state index contributed by atoms with van der Waals surface area (Å²) in [6.45, 7) is 4.29. The average Bonchev–Trinajstić information content (AvgIpc) is 2.63.